The fraction of sp³-hybridized carbons (Fsp3) is 0.286. The quantitative estimate of drug-likeness (QED) is 0.609. The van der Waals surface area contributed by atoms with Gasteiger partial charge in [0, 0.05) is 28.6 Å². The Morgan fingerprint density at radius 1 is 1.04 bits per heavy atom. The molecule has 0 saturated heterocycles. The Balaban J connectivity index is 2.06. The number of fused-ring (bicyclic) bond motifs is 1. The van der Waals surface area contributed by atoms with Gasteiger partial charge in [-0.2, -0.15) is 0 Å². The van der Waals surface area contributed by atoms with E-state index < -0.39 is 0 Å². The lowest BCUT2D eigenvalue weighted by Crippen LogP contribution is -2.14. The van der Waals surface area contributed by atoms with Gasteiger partial charge in [0.2, 0.25) is 0 Å². The smallest absolute Gasteiger partial charge is 0.136 e. The van der Waals surface area contributed by atoms with Crippen molar-refractivity contribution in [2.75, 3.05) is 27.2 Å². The maximum absolute atomic E-state index is 6.12. The summed E-state index contributed by atoms with van der Waals surface area (Å²) in [7, 11) is 4.16. The summed E-state index contributed by atoms with van der Waals surface area (Å²) in [5.41, 5.74) is 3.05. The van der Waals surface area contributed by atoms with E-state index in [0.717, 1.165) is 47.2 Å². The van der Waals surface area contributed by atoms with Crippen molar-refractivity contribution >= 4 is 22.6 Å². The van der Waals surface area contributed by atoms with E-state index in [1.807, 2.05) is 36.4 Å². The van der Waals surface area contributed by atoms with Crippen molar-refractivity contribution in [3.8, 4) is 11.3 Å². The number of halogens is 1. The molecule has 1 heterocycles. The Morgan fingerprint density at radius 2 is 1.80 bits per heavy atom. The molecule has 25 heavy (non-hydrogen) atoms. The van der Waals surface area contributed by atoms with E-state index >= 15 is 0 Å². The Bertz CT molecular complexity index is 927. The highest BCUT2D eigenvalue weighted by atomic mass is 35.5. The zero-order valence-corrected chi connectivity index (χ0v) is 15.7. The molecule has 2 aromatic carbocycles. The van der Waals surface area contributed by atoms with Crippen LogP contribution in [0.1, 0.15) is 12.0 Å². The van der Waals surface area contributed by atoms with Gasteiger partial charge < -0.3 is 9.32 Å². The van der Waals surface area contributed by atoms with Crippen LogP contribution in [0.25, 0.3) is 22.3 Å². The number of benzene rings is 2. The molecule has 0 saturated carbocycles. The summed E-state index contributed by atoms with van der Waals surface area (Å²) in [4.78, 5) is 7.02. The van der Waals surface area contributed by atoms with E-state index in [2.05, 4.69) is 38.1 Å². The third-order valence-corrected chi connectivity index (χ3v) is 4.33. The van der Waals surface area contributed by atoms with Crippen LogP contribution in [0, 0.1) is 6.92 Å². The van der Waals surface area contributed by atoms with Crippen LogP contribution in [-0.2, 0) is 0 Å². The highest BCUT2D eigenvalue weighted by Gasteiger charge is 2.06. The van der Waals surface area contributed by atoms with Gasteiger partial charge in [-0.3, -0.25) is 4.99 Å². The van der Waals surface area contributed by atoms with Crippen LogP contribution in [0.3, 0.4) is 0 Å². The second-order valence-electron chi connectivity index (χ2n) is 6.54. The number of nitrogens with zero attached hydrogens (tertiary/aromatic N) is 2. The molecule has 3 rings (SSSR count). The van der Waals surface area contributed by atoms with Crippen LogP contribution < -0.4 is 5.36 Å². The summed E-state index contributed by atoms with van der Waals surface area (Å²) in [5.74, 6) is 0.805. The summed E-state index contributed by atoms with van der Waals surface area (Å²) < 4.78 is 6.12. The third kappa shape index (κ3) is 4.50. The Kier molecular flexibility index (Phi) is 5.57. The van der Waals surface area contributed by atoms with Gasteiger partial charge in [-0.15, -0.1) is 0 Å². The molecule has 0 fully saturated rings. The molecule has 0 bridgehead atoms. The normalized spacial score (nSPS) is 12.3. The monoisotopic (exact) mass is 354 g/mol. The van der Waals surface area contributed by atoms with Crippen LogP contribution in [-0.4, -0.2) is 32.1 Å². The molecule has 0 N–H and O–H groups in total. The Hall–Kier alpha value is -2.10. The SMILES string of the molecule is Cc1ccc2oc(-c3ccc(Cl)cc3)cc(=NCCCN(C)C)c2c1. The van der Waals surface area contributed by atoms with E-state index in [0.29, 0.717) is 5.02 Å². The fourth-order valence-corrected chi connectivity index (χ4v) is 2.88. The average molecular weight is 355 g/mol. The van der Waals surface area contributed by atoms with Gasteiger partial charge >= 0.3 is 0 Å². The van der Waals surface area contributed by atoms with Gasteiger partial charge in [0.15, 0.2) is 0 Å². The van der Waals surface area contributed by atoms with Crippen molar-refractivity contribution in [2.45, 2.75) is 13.3 Å². The Morgan fingerprint density at radius 3 is 2.52 bits per heavy atom. The molecule has 0 radical (unpaired) electrons. The van der Waals surface area contributed by atoms with Crippen molar-refractivity contribution in [1.82, 2.24) is 4.90 Å². The summed E-state index contributed by atoms with van der Waals surface area (Å²) in [6.45, 7) is 3.91. The zero-order chi connectivity index (χ0) is 17.8. The minimum atomic E-state index is 0.716. The first-order valence-electron chi connectivity index (χ1n) is 8.48. The molecular weight excluding hydrogens is 332 g/mol. The third-order valence-electron chi connectivity index (χ3n) is 4.07. The molecule has 0 aliphatic carbocycles. The summed E-state index contributed by atoms with van der Waals surface area (Å²) >= 11 is 6.00. The van der Waals surface area contributed by atoms with Crippen LogP contribution in [0.2, 0.25) is 5.02 Å². The lowest BCUT2D eigenvalue weighted by Gasteiger charge is -2.08. The maximum atomic E-state index is 6.12. The van der Waals surface area contributed by atoms with Crippen molar-refractivity contribution in [2.24, 2.45) is 4.99 Å². The average Bonchev–Trinajstić information content (AvgIpc) is 2.59. The van der Waals surface area contributed by atoms with Gasteiger partial charge in [-0.1, -0.05) is 23.2 Å². The predicted octanol–water partition coefficient (Wildman–Crippen LogP) is 4.91. The first kappa shape index (κ1) is 17.7. The second-order valence-corrected chi connectivity index (χ2v) is 6.98. The van der Waals surface area contributed by atoms with Crippen molar-refractivity contribution in [1.29, 1.82) is 0 Å². The largest absolute Gasteiger partial charge is 0.456 e. The first-order valence-corrected chi connectivity index (χ1v) is 8.86. The van der Waals surface area contributed by atoms with Crippen LogP contribution in [0.4, 0.5) is 0 Å². The number of hydrogen-bond acceptors (Lipinski definition) is 3. The molecule has 130 valence electrons. The van der Waals surface area contributed by atoms with Gasteiger partial charge in [0.1, 0.15) is 11.3 Å². The molecular formula is C21H23ClN2O. The maximum Gasteiger partial charge on any atom is 0.136 e. The van der Waals surface area contributed by atoms with Crippen LogP contribution in [0.15, 0.2) is 57.9 Å². The molecule has 0 amide bonds. The molecule has 0 spiro atoms. The summed E-state index contributed by atoms with van der Waals surface area (Å²) in [6.07, 6.45) is 1.03. The van der Waals surface area contributed by atoms with E-state index in [-0.39, 0.29) is 0 Å². The minimum Gasteiger partial charge on any atom is -0.456 e. The molecule has 1 aromatic heterocycles. The fourth-order valence-electron chi connectivity index (χ4n) is 2.76. The molecule has 3 aromatic rings. The Labute approximate surface area is 153 Å². The number of aryl methyl sites for hydroxylation is 1. The predicted molar refractivity (Wildman–Crippen MR) is 105 cm³/mol. The van der Waals surface area contributed by atoms with Gasteiger partial charge in [0.05, 0.1) is 5.36 Å². The van der Waals surface area contributed by atoms with Crippen LogP contribution in [0.5, 0.6) is 0 Å². The summed E-state index contributed by atoms with van der Waals surface area (Å²) in [6, 6.07) is 15.9. The van der Waals surface area contributed by atoms with E-state index in [1.54, 1.807) is 0 Å². The second kappa shape index (κ2) is 7.85. The lowest BCUT2D eigenvalue weighted by molar-refractivity contribution is 0.402. The number of hydrogen-bond donors (Lipinski definition) is 0. The molecule has 4 heteroatoms. The lowest BCUT2D eigenvalue weighted by atomic mass is 10.1. The summed E-state index contributed by atoms with van der Waals surface area (Å²) in [5, 5.41) is 2.75. The van der Waals surface area contributed by atoms with E-state index in [1.165, 1.54) is 5.56 Å². The van der Waals surface area contributed by atoms with E-state index in [4.69, 9.17) is 21.0 Å². The standard InChI is InChI=1S/C21H23ClN2O/c1-15-5-10-20-18(13-15)19(23-11-4-12-24(2)3)14-21(25-20)16-6-8-17(22)9-7-16/h5-10,13-14H,4,11-12H2,1-3H3. The highest BCUT2D eigenvalue weighted by Crippen LogP contribution is 2.24. The highest BCUT2D eigenvalue weighted by molar-refractivity contribution is 6.30. The minimum absolute atomic E-state index is 0.716. The zero-order valence-electron chi connectivity index (χ0n) is 14.9. The molecule has 3 nitrogen and oxygen atoms in total. The molecule has 0 aliphatic heterocycles. The van der Waals surface area contributed by atoms with Crippen LogP contribution >= 0.6 is 11.6 Å². The molecule has 0 atom stereocenters. The van der Waals surface area contributed by atoms with Gasteiger partial charge in [-0.25, -0.2) is 0 Å². The topological polar surface area (TPSA) is 28.7 Å². The van der Waals surface area contributed by atoms with Gasteiger partial charge in [-0.05, 0) is 70.4 Å². The van der Waals surface area contributed by atoms with Crippen molar-refractivity contribution in [3.63, 3.8) is 0 Å². The number of rotatable bonds is 5. The molecule has 0 unspecified atom stereocenters. The van der Waals surface area contributed by atoms with Gasteiger partial charge in [0.25, 0.3) is 0 Å². The van der Waals surface area contributed by atoms with E-state index in [9.17, 15) is 0 Å². The first-order chi connectivity index (χ1) is 12.0. The van der Waals surface area contributed by atoms with Crippen molar-refractivity contribution < 1.29 is 4.42 Å². The molecule has 0 aliphatic rings. The van der Waals surface area contributed by atoms with Crippen molar-refractivity contribution in [3.05, 3.63) is 64.5 Å².